The van der Waals surface area contributed by atoms with Crippen LogP contribution >= 0.6 is 0 Å². The molecule has 0 saturated carbocycles. The van der Waals surface area contributed by atoms with Crippen molar-refractivity contribution in [2.45, 2.75) is 31.9 Å². The van der Waals surface area contributed by atoms with Crippen molar-refractivity contribution in [2.75, 3.05) is 7.11 Å². The molecule has 0 aliphatic carbocycles. The number of carbonyl (C=O) groups is 1. The summed E-state index contributed by atoms with van der Waals surface area (Å²) in [5.41, 5.74) is 1.03. The molecule has 1 amide bonds. The van der Waals surface area contributed by atoms with Gasteiger partial charge in [-0.25, -0.2) is 4.98 Å². The van der Waals surface area contributed by atoms with E-state index < -0.39 is 0 Å². The number of rotatable bonds is 3. The summed E-state index contributed by atoms with van der Waals surface area (Å²) >= 11 is 0. The van der Waals surface area contributed by atoms with Gasteiger partial charge in [-0.2, -0.15) is 0 Å². The Balaban J connectivity index is 1.90. The van der Waals surface area contributed by atoms with E-state index in [0.717, 1.165) is 17.1 Å². The van der Waals surface area contributed by atoms with Crippen molar-refractivity contribution in [1.82, 2.24) is 15.3 Å². The zero-order valence-electron chi connectivity index (χ0n) is 12.8. The van der Waals surface area contributed by atoms with Crippen LogP contribution in [0, 0.1) is 0 Å². The first-order valence-corrected chi connectivity index (χ1v) is 7.15. The molecule has 1 aliphatic rings. The largest absolute Gasteiger partial charge is 0.497 e. The van der Waals surface area contributed by atoms with Gasteiger partial charge in [-0.1, -0.05) is 0 Å². The second-order valence-electron chi connectivity index (χ2n) is 5.96. The second-order valence-corrected chi connectivity index (χ2v) is 5.96. The lowest BCUT2D eigenvalue weighted by Gasteiger charge is -2.38. The molecule has 1 aromatic carbocycles. The van der Waals surface area contributed by atoms with Gasteiger partial charge < -0.3 is 19.8 Å². The molecule has 3 rings (SSSR count). The highest BCUT2D eigenvalue weighted by molar-refractivity contribution is 5.92. The predicted molar refractivity (Wildman–Crippen MR) is 81.1 cm³/mol. The molecule has 0 spiro atoms. The van der Waals surface area contributed by atoms with Crippen LogP contribution in [-0.4, -0.2) is 28.6 Å². The predicted octanol–water partition coefficient (Wildman–Crippen LogP) is 2.45. The summed E-state index contributed by atoms with van der Waals surface area (Å²) in [5, 5.41) is 3.04. The fourth-order valence-corrected chi connectivity index (χ4v) is 2.70. The van der Waals surface area contributed by atoms with Crippen molar-refractivity contribution >= 4 is 5.91 Å². The fraction of sp³-hybridized carbons (Fsp3) is 0.375. The lowest BCUT2D eigenvalue weighted by molar-refractivity contribution is 0.0616. The molecule has 1 aromatic heterocycles. The number of ether oxygens (including phenoxy) is 2. The van der Waals surface area contributed by atoms with Crippen LogP contribution in [0.2, 0.25) is 0 Å². The van der Waals surface area contributed by atoms with Crippen LogP contribution in [0.4, 0.5) is 0 Å². The van der Waals surface area contributed by atoms with Gasteiger partial charge in [-0.3, -0.25) is 4.79 Å². The number of nitrogens with one attached hydrogen (secondary N) is 2. The number of amides is 1. The molecule has 2 heterocycles. The van der Waals surface area contributed by atoms with Gasteiger partial charge in [-0.05, 0) is 26.0 Å². The average molecular weight is 301 g/mol. The third kappa shape index (κ3) is 2.77. The molecular weight excluding hydrogens is 282 g/mol. The molecule has 2 N–H and O–H groups in total. The van der Waals surface area contributed by atoms with E-state index in [9.17, 15) is 4.79 Å². The number of benzene rings is 1. The monoisotopic (exact) mass is 301 g/mol. The first-order valence-electron chi connectivity index (χ1n) is 7.15. The Hall–Kier alpha value is -2.50. The van der Waals surface area contributed by atoms with Crippen molar-refractivity contribution in [3.63, 3.8) is 0 Å². The van der Waals surface area contributed by atoms with Crippen molar-refractivity contribution < 1.29 is 14.3 Å². The van der Waals surface area contributed by atoms with Crippen molar-refractivity contribution in [3.8, 4) is 11.5 Å². The number of methoxy groups -OCH3 is 1. The number of aromatic nitrogens is 2. The van der Waals surface area contributed by atoms with E-state index in [1.165, 1.54) is 12.5 Å². The van der Waals surface area contributed by atoms with Gasteiger partial charge in [0.25, 0.3) is 5.91 Å². The SMILES string of the molecule is COc1ccc2c(c1)OC(C)(C)C[C@H]2NC(=O)c1cnc[nH]1. The zero-order valence-corrected chi connectivity index (χ0v) is 12.8. The van der Waals surface area contributed by atoms with Gasteiger partial charge in [0.15, 0.2) is 0 Å². The molecule has 0 unspecified atom stereocenters. The Kier molecular flexibility index (Phi) is 3.52. The molecule has 0 bridgehead atoms. The molecule has 0 radical (unpaired) electrons. The van der Waals surface area contributed by atoms with Crippen molar-refractivity contribution in [2.24, 2.45) is 0 Å². The van der Waals surface area contributed by atoms with Crippen LogP contribution in [0.25, 0.3) is 0 Å². The Morgan fingerprint density at radius 2 is 2.32 bits per heavy atom. The van der Waals surface area contributed by atoms with Crippen LogP contribution in [-0.2, 0) is 0 Å². The summed E-state index contributed by atoms with van der Waals surface area (Å²) in [7, 11) is 1.62. The molecule has 0 fully saturated rings. The quantitative estimate of drug-likeness (QED) is 0.913. The molecule has 6 nitrogen and oxygen atoms in total. The lowest BCUT2D eigenvalue weighted by Crippen LogP contribution is -2.41. The van der Waals surface area contributed by atoms with E-state index in [2.05, 4.69) is 15.3 Å². The van der Waals surface area contributed by atoms with Gasteiger partial charge in [0.1, 0.15) is 22.8 Å². The number of fused-ring (bicyclic) bond motifs is 1. The number of carbonyl (C=O) groups excluding carboxylic acids is 1. The first-order chi connectivity index (χ1) is 10.5. The zero-order chi connectivity index (χ0) is 15.7. The topological polar surface area (TPSA) is 76.2 Å². The maximum atomic E-state index is 12.3. The van der Waals surface area contributed by atoms with E-state index >= 15 is 0 Å². The average Bonchev–Trinajstić information content (AvgIpc) is 2.99. The standard InChI is InChI=1S/C16H19N3O3/c1-16(2)7-12(19-15(20)13-8-17-9-18-13)11-5-4-10(21-3)6-14(11)22-16/h4-6,8-9,12H,7H2,1-3H3,(H,17,18)(H,19,20)/t12-/m1/s1. The maximum absolute atomic E-state index is 12.3. The Morgan fingerprint density at radius 3 is 3.00 bits per heavy atom. The van der Waals surface area contributed by atoms with Gasteiger partial charge in [0.05, 0.1) is 25.7 Å². The Bertz CT molecular complexity index is 680. The molecule has 2 aromatic rings. The van der Waals surface area contributed by atoms with Gasteiger partial charge in [-0.15, -0.1) is 0 Å². The molecule has 1 atom stereocenters. The van der Waals surface area contributed by atoms with E-state index in [-0.39, 0.29) is 17.6 Å². The van der Waals surface area contributed by atoms with E-state index in [1.807, 2.05) is 32.0 Å². The minimum absolute atomic E-state index is 0.125. The highest BCUT2D eigenvalue weighted by Gasteiger charge is 2.35. The number of nitrogens with zero attached hydrogens (tertiary/aromatic N) is 1. The molecular formula is C16H19N3O3. The van der Waals surface area contributed by atoms with Crippen molar-refractivity contribution in [3.05, 3.63) is 42.0 Å². The fourth-order valence-electron chi connectivity index (χ4n) is 2.70. The first kappa shape index (κ1) is 14.4. The van der Waals surface area contributed by atoms with Crippen LogP contribution in [0.5, 0.6) is 11.5 Å². The number of imidazole rings is 1. The highest BCUT2D eigenvalue weighted by atomic mass is 16.5. The normalized spacial score (nSPS) is 19.0. The molecule has 0 saturated heterocycles. The molecule has 1 aliphatic heterocycles. The lowest BCUT2D eigenvalue weighted by atomic mass is 9.89. The summed E-state index contributed by atoms with van der Waals surface area (Å²) < 4.78 is 11.3. The highest BCUT2D eigenvalue weighted by Crippen LogP contribution is 2.41. The number of hydrogen-bond donors (Lipinski definition) is 2. The van der Waals surface area contributed by atoms with E-state index in [1.54, 1.807) is 7.11 Å². The summed E-state index contributed by atoms with van der Waals surface area (Å²) in [4.78, 5) is 19.0. The van der Waals surface area contributed by atoms with Gasteiger partial charge in [0.2, 0.25) is 0 Å². The second kappa shape index (κ2) is 5.36. The molecule has 116 valence electrons. The minimum Gasteiger partial charge on any atom is -0.497 e. The smallest absolute Gasteiger partial charge is 0.269 e. The molecule has 6 heteroatoms. The van der Waals surface area contributed by atoms with E-state index in [0.29, 0.717) is 12.1 Å². The minimum atomic E-state index is -0.370. The third-order valence-electron chi connectivity index (χ3n) is 3.73. The van der Waals surface area contributed by atoms with Crippen LogP contribution < -0.4 is 14.8 Å². The third-order valence-corrected chi connectivity index (χ3v) is 3.73. The molecule has 22 heavy (non-hydrogen) atoms. The van der Waals surface area contributed by atoms with Gasteiger partial charge >= 0.3 is 0 Å². The summed E-state index contributed by atoms with van der Waals surface area (Å²) in [5.74, 6) is 1.29. The number of H-pyrrole nitrogens is 1. The summed E-state index contributed by atoms with van der Waals surface area (Å²) in [6, 6.07) is 5.53. The Morgan fingerprint density at radius 1 is 1.50 bits per heavy atom. The van der Waals surface area contributed by atoms with Crippen LogP contribution in [0.3, 0.4) is 0 Å². The van der Waals surface area contributed by atoms with E-state index in [4.69, 9.17) is 9.47 Å². The number of aromatic amines is 1. The van der Waals surface area contributed by atoms with Crippen LogP contribution in [0.1, 0.15) is 42.4 Å². The van der Waals surface area contributed by atoms with Gasteiger partial charge in [0, 0.05) is 18.1 Å². The summed E-state index contributed by atoms with van der Waals surface area (Å²) in [6.45, 7) is 4.01. The maximum Gasteiger partial charge on any atom is 0.269 e. The Labute approximate surface area is 128 Å². The van der Waals surface area contributed by atoms with Crippen molar-refractivity contribution in [1.29, 1.82) is 0 Å². The number of hydrogen-bond acceptors (Lipinski definition) is 4. The summed E-state index contributed by atoms with van der Waals surface area (Å²) in [6.07, 6.45) is 3.68. The van der Waals surface area contributed by atoms with Crippen LogP contribution in [0.15, 0.2) is 30.7 Å².